The van der Waals surface area contributed by atoms with Crippen molar-refractivity contribution in [2.45, 2.75) is 108 Å². The second-order valence-corrected chi connectivity index (χ2v) is 13.5. The van der Waals surface area contributed by atoms with Gasteiger partial charge in [0.2, 0.25) is 5.95 Å². The zero-order chi connectivity index (χ0) is 37.2. The van der Waals surface area contributed by atoms with Crippen molar-refractivity contribution in [3.05, 3.63) is 47.3 Å². The molecule has 5 rings (SSSR count). The second-order valence-electron chi connectivity index (χ2n) is 13.5. The number of benzene rings is 1. The molecule has 3 amide bonds. The van der Waals surface area contributed by atoms with Crippen LogP contribution in [0, 0.1) is 5.92 Å². The zero-order valence-electron chi connectivity index (χ0n) is 28.6. The number of carbonyl (C=O) groups is 3. The number of hydrogen-bond donors (Lipinski definition) is 1. The number of aromatic nitrogens is 2. The molecule has 3 fully saturated rings. The summed E-state index contributed by atoms with van der Waals surface area (Å²) in [6.45, 7) is 4.22. The van der Waals surface area contributed by atoms with E-state index >= 15 is 0 Å². The Bertz CT molecular complexity index is 1520. The summed E-state index contributed by atoms with van der Waals surface area (Å²) in [5.41, 5.74) is -2.73. The molecule has 2 unspecified atom stereocenters. The van der Waals surface area contributed by atoms with Gasteiger partial charge in [0.1, 0.15) is 6.10 Å². The molecule has 1 aliphatic carbocycles. The van der Waals surface area contributed by atoms with Gasteiger partial charge in [0.15, 0.2) is 0 Å². The van der Waals surface area contributed by atoms with Crippen LogP contribution in [0.5, 0.6) is 0 Å². The first kappa shape index (κ1) is 37.9. The lowest BCUT2D eigenvalue weighted by Gasteiger charge is -2.47. The molecule has 11 nitrogen and oxygen atoms in total. The summed E-state index contributed by atoms with van der Waals surface area (Å²) in [5.74, 6) is -1.31. The van der Waals surface area contributed by atoms with Crippen LogP contribution >= 0.6 is 0 Å². The van der Waals surface area contributed by atoms with Gasteiger partial charge < -0.3 is 24.5 Å². The van der Waals surface area contributed by atoms with Gasteiger partial charge in [-0.15, -0.1) is 0 Å². The molecular weight excluding hydrogens is 686 g/mol. The first-order valence-electron chi connectivity index (χ1n) is 17.1. The van der Waals surface area contributed by atoms with Crippen molar-refractivity contribution in [2.75, 3.05) is 29.9 Å². The molecule has 1 saturated carbocycles. The maximum absolute atomic E-state index is 13.8. The molecule has 0 bridgehead atoms. The summed E-state index contributed by atoms with van der Waals surface area (Å²) in [6.07, 6.45) is -5.06. The van der Waals surface area contributed by atoms with Crippen LogP contribution in [-0.2, 0) is 28.4 Å². The summed E-state index contributed by atoms with van der Waals surface area (Å²) < 4.78 is 88.8. The maximum atomic E-state index is 13.8. The topological polar surface area (TPSA) is 119 Å². The summed E-state index contributed by atoms with van der Waals surface area (Å²) in [6, 6.07) is -0.110. The van der Waals surface area contributed by atoms with Crippen molar-refractivity contribution in [3.63, 3.8) is 0 Å². The second kappa shape index (κ2) is 15.1. The predicted octanol–water partition coefficient (Wildman–Crippen LogP) is 7.19. The van der Waals surface area contributed by atoms with Crippen LogP contribution < -0.4 is 9.80 Å². The number of ether oxygens (including phenoxy) is 1. The molecule has 51 heavy (non-hydrogen) atoms. The van der Waals surface area contributed by atoms with Crippen molar-refractivity contribution in [1.29, 1.82) is 0 Å². The fourth-order valence-electron chi connectivity index (χ4n) is 7.32. The normalized spacial score (nSPS) is 24.5. The van der Waals surface area contributed by atoms with E-state index in [1.165, 1.54) is 22.2 Å². The van der Waals surface area contributed by atoms with Gasteiger partial charge >= 0.3 is 30.4 Å². The fraction of sp³-hybridized carbons (Fsp3) is 0.618. The Morgan fingerprint density at radius 1 is 0.902 bits per heavy atom. The average Bonchev–Trinajstić information content (AvgIpc) is 3.42. The summed E-state index contributed by atoms with van der Waals surface area (Å²) in [5, 5.41) is 9.32. The van der Waals surface area contributed by atoms with E-state index in [0.29, 0.717) is 82.3 Å². The minimum atomic E-state index is -5.03. The Morgan fingerprint density at radius 2 is 1.45 bits per heavy atom. The largest absolute Gasteiger partial charge is 0.481 e. The van der Waals surface area contributed by atoms with Crippen molar-refractivity contribution < 1.29 is 50.6 Å². The molecule has 1 aromatic heterocycles. The van der Waals surface area contributed by atoms with Gasteiger partial charge in [0.05, 0.1) is 35.1 Å². The minimum absolute atomic E-state index is 0.0469. The van der Waals surface area contributed by atoms with E-state index in [1.54, 1.807) is 16.8 Å². The molecule has 2 atom stereocenters. The number of likely N-dealkylation sites (N-methyl/N-ethyl adjacent to an activating group) is 1. The van der Waals surface area contributed by atoms with Gasteiger partial charge in [-0.2, -0.15) is 26.3 Å². The molecule has 0 radical (unpaired) electrons. The molecule has 2 aromatic rings. The van der Waals surface area contributed by atoms with Crippen molar-refractivity contribution >= 4 is 29.7 Å². The number of nitrogens with zero attached hydrogens (tertiary/aromatic N) is 6. The number of piperidine rings is 1. The number of anilines is 2. The first-order chi connectivity index (χ1) is 24.0. The lowest BCUT2D eigenvalue weighted by Crippen LogP contribution is -2.57. The van der Waals surface area contributed by atoms with Crippen LogP contribution in [-0.4, -0.2) is 87.3 Å². The highest BCUT2D eigenvalue weighted by molar-refractivity contribution is 5.93. The Labute approximate surface area is 291 Å². The van der Waals surface area contributed by atoms with E-state index in [0.717, 1.165) is 0 Å². The molecule has 3 heterocycles. The third-order valence-electron chi connectivity index (χ3n) is 10.2. The molecule has 17 heteroatoms. The number of likely N-dealkylation sites (tertiary alicyclic amines) is 1. The molecule has 2 saturated heterocycles. The Morgan fingerprint density at radius 3 is 1.90 bits per heavy atom. The van der Waals surface area contributed by atoms with Crippen molar-refractivity contribution in [1.82, 2.24) is 19.8 Å². The number of alkyl halides is 6. The van der Waals surface area contributed by atoms with Gasteiger partial charge in [-0.3, -0.25) is 9.69 Å². The van der Waals surface area contributed by atoms with E-state index in [4.69, 9.17) is 4.74 Å². The summed E-state index contributed by atoms with van der Waals surface area (Å²) in [7, 11) is 1.64. The van der Waals surface area contributed by atoms with E-state index in [9.17, 15) is 45.8 Å². The zero-order valence-corrected chi connectivity index (χ0v) is 28.6. The van der Waals surface area contributed by atoms with Gasteiger partial charge in [-0.25, -0.2) is 19.6 Å². The molecular formula is C34H42F6N6O5. The SMILES string of the molecule is CCC1CC(N(Cc2cc(C(F)(F)F)cc(C(F)(F)F)c2)c2ncc(N3CCN(C)C3=O)cn2)CC(CC)N1C(=O)OC1CCC(C(=O)O)CC1. The van der Waals surface area contributed by atoms with Crippen LogP contribution in [0.1, 0.15) is 81.9 Å². The monoisotopic (exact) mass is 728 g/mol. The standard InChI is InChI=1S/C34H42F6N6O5/c1-4-24-15-26(16-25(5-2)46(24)32(50)51-28-8-6-21(7-9-28)29(47)48)45(30-41-17-27(18-42-30)44-11-10-43(3)31(44)49)19-20-12-22(33(35,36)37)14-23(13-20)34(38,39)40/h12-14,17-18,21,24-26,28H,4-11,15-16,19H2,1-3H3,(H,47,48). The molecule has 3 aliphatic rings. The van der Waals surface area contributed by atoms with Gasteiger partial charge in [0, 0.05) is 44.8 Å². The van der Waals surface area contributed by atoms with Crippen LogP contribution in [0.15, 0.2) is 30.6 Å². The van der Waals surface area contributed by atoms with Crippen molar-refractivity contribution in [3.8, 4) is 0 Å². The highest BCUT2D eigenvalue weighted by Crippen LogP contribution is 2.39. The average molecular weight is 729 g/mol. The number of hydrogen-bond acceptors (Lipinski definition) is 7. The van der Waals surface area contributed by atoms with Crippen LogP contribution in [0.25, 0.3) is 0 Å². The van der Waals surface area contributed by atoms with Gasteiger partial charge in [-0.1, -0.05) is 13.8 Å². The smallest absolute Gasteiger partial charge is 0.416 e. The molecule has 0 spiro atoms. The quantitative estimate of drug-likeness (QED) is 0.270. The number of halogens is 6. The summed E-state index contributed by atoms with van der Waals surface area (Å²) in [4.78, 5) is 52.7. The van der Waals surface area contributed by atoms with E-state index < -0.39 is 72.2 Å². The van der Waals surface area contributed by atoms with E-state index in [2.05, 4.69) is 9.97 Å². The lowest BCUT2D eigenvalue weighted by atomic mass is 9.87. The molecule has 2 aliphatic heterocycles. The predicted molar refractivity (Wildman–Crippen MR) is 173 cm³/mol. The minimum Gasteiger partial charge on any atom is -0.481 e. The van der Waals surface area contributed by atoms with E-state index in [1.807, 2.05) is 13.8 Å². The number of rotatable bonds is 9. The number of carboxylic acids is 1. The maximum Gasteiger partial charge on any atom is 0.416 e. The number of aliphatic carboxylic acids is 1. The Balaban J connectivity index is 1.45. The van der Waals surface area contributed by atoms with Gasteiger partial charge in [-0.05, 0) is 75.1 Å². The number of urea groups is 1. The molecule has 1 aromatic carbocycles. The fourth-order valence-corrected chi connectivity index (χ4v) is 7.32. The molecule has 1 N–H and O–H groups in total. The summed E-state index contributed by atoms with van der Waals surface area (Å²) >= 11 is 0. The Hall–Kier alpha value is -4.31. The third-order valence-corrected chi connectivity index (χ3v) is 10.2. The first-order valence-corrected chi connectivity index (χ1v) is 17.1. The lowest BCUT2D eigenvalue weighted by molar-refractivity contribution is -0.144. The van der Waals surface area contributed by atoms with Gasteiger partial charge in [0.25, 0.3) is 0 Å². The van der Waals surface area contributed by atoms with Crippen LogP contribution in [0.3, 0.4) is 0 Å². The highest BCUT2D eigenvalue weighted by Gasteiger charge is 2.43. The van der Waals surface area contributed by atoms with Crippen LogP contribution in [0.2, 0.25) is 0 Å². The number of carboxylic acid groups (broad SMARTS) is 1. The third kappa shape index (κ3) is 8.60. The number of carbonyl (C=O) groups excluding carboxylic acids is 2. The number of amides is 3. The van der Waals surface area contributed by atoms with Crippen LogP contribution in [0.4, 0.5) is 47.6 Å². The molecule has 280 valence electrons. The highest BCUT2D eigenvalue weighted by atomic mass is 19.4. The van der Waals surface area contributed by atoms with Crippen molar-refractivity contribution in [2.24, 2.45) is 5.92 Å². The van der Waals surface area contributed by atoms with E-state index in [-0.39, 0.29) is 23.6 Å². The Kier molecular flexibility index (Phi) is 11.2.